The Bertz CT molecular complexity index is 1120. The largest absolute Gasteiger partial charge is 0.504 e. The van der Waals surface area contributed by atoms with Gasteiger partial charge in [0.15, 0.2) is 5.75 Å². The van der Waals surface area contributed by atoms with Crippen LogP contribution in [-0.2, 0) is 6.54 Å². The lowest BCUT2D eigenvalue weighted by Crippen LogP contribution is -2.28. The fourth-order valence-electron chi connectivity index (χ4n) is 3.59. The molecule has 3 nitrogen and oxygen atoms in total. The molecule has 0 saturated carbocycles. The number of phenols is 1. The smallest absolute Gasteiger partial charge is 0.160 e. The minimum atomic E-state index is -0.0370. The van der Waals surface area contributed by atoms with Crippen molar-refractivity contribution in [3.63, 3.8) is 0 Å². The number of benzene rings is 2. The lowest BCUT2D eigenvalue weighted by molar-refractivity contribution is 0.287. The Morgan fingerprint density at radius 2 is 1.93 bits per heavy atom. The summed E-state index contributed by atoms with van der Waals surface area (Å²) in [5, 5.41) is 11.6. The average molecular weight is 462 g/mol. The number of pyridine rings is 1. The standard InChI is InChI=1S/C24H22Cl2N2O.ClH/c1-16-3-2-4-18(13-16)15-28-11-9-17(10-12-28)5-6-19-7-8-20-21(25)14-22(26)24(29)23(20)27-19;/h2-9,13-14,29H,10-12,15H2,1H3;1H/b6-5+;. The van der Waals surface area contributed by atoms with Crippen molar-refractivity contribution in [3.8, 4) is 5.75 Å². The highest BCUT2D eigenvalue weighted by Crippen LogP contribution is 2.36. The second-order valence-electron chi connectivity index (χ2n) is 7.41. The molecule has 0 amide bonds. The Balaban J connectivity index is 0.00000256. The Morgan fingerprint density at radius 3 is 2.67 bits per heavy atom. The number of hydrogen-bond acceptors (Lipinski definition) is 3. The van der Waals surface area contributed by atoms with Crippen molar-refractivity contribution >= 4 is 52.6 Å². The van der Waals surface area contributed by atoms with Gasteiger partial charge in [0.25, 0.3) is 0 Å². The number of nitrogens with zero attached hydrogens (tertiary/aromatic N) is 2. The van der Waals surface area contributed by atoms with Gasteiger partial charge in [-0.3, -0.25) is 4.90 Å². The first kappa shape index (κ1) is 22.6. The summed E-state index contributed by atoms with van der Waals surface area (Å²) in [6.07, 6.45) is 7.33. The number of aromatic hydroxyl groups is 1. The number of aromatic nitrogens is 1. The molecule has 156 valence electrons. The Labute approximate surface area is 193 Å². The maximum Gasteiger partial charge on any atom is 0.160 e. The zero-order chi connectivity index (χ0) is 20.4. The first-order valence-electron chi connectivity index (χ1n) is 9.62. The number of fused-ring (bicyclic) bond motifs is 1. The van der Waals surface area contributed by atoms with Crippen LogP contribution < -0.4 is 0 Å². The highest BCUT2D eigenvalue weighted by atomic mass is 35.5. The second kappa shape index (κ2) is 9.84. The van der Waals surface area contributed by atoms with Gasteiger partial charge in [-0.1, -0.05) is 65.2 Å². The molecule has 2 aromatic carbocycles. The van der Waals surface area contributed by atoms with Crippen LogP contribution in [0.15, 0.2) is 60.2 Å². The number of aryl methyl sites for hydroxylation is 1. The quantitative estimate of drug-likeness (QED) is 0.463. The van der Waals surface area contributed by atoms with Gasteiger partial charge in [-0.2, -0.15) is 0 Å². The van der Waals surface area contributed by atoms with Crippen LogP contribution in [0.25, 0.3) is 17.0 Å². The fourth-order valence-corrected chi connectivity index (χ4v) is 4.11. The van der Waals surface area contributed by atoms with E-state index in [4.69, 9.17) is 23.2 Å². The lowest BCUT2D eigenvalue weighted by atomic mass is 10.1. The Hall–Kier alpha value is -2.04. The maximum atomic E-state index is 10.2. The molecule has 0 spiro atoms. The van der Waals surface area contributed by atoms with Crippen LogP contribution in [0.4, 0.5) is 0 Å². The molecular formula is C24H23Cl3N2O. The van der Waals surface area contributed by atoms with Gasteiger partial charge in [0.2, 0.25) is 0 Å². The van der Waals surface area contributed by atoms with Gasteiger partial charge in [-0.15, -0.1) is 12.4 Å². The van der Waals surface area contributed by atoms with Gasteiger partial charge in [0.05, 0.1) is 15.7 Å². The molecule has 6 heteroatoms. The van der Waals surface area contributed by atoms with Gasteiger partial charge in [0.1, 0.15) is 5.52 Å². The van der Waals surface area contributed by atoms with E-state index in [0.717, 1.165) is 31.7 Å². The molecule has 3 aromatic rings. The number of hydrogen-bond donors (Lipinski definition) is 1. The number of halogens is 3. The number of rotatable bonds is 4. The second-order valence-corrected chi connectivity index (χ2v) is 8.22. The van der Waals surface area contributed by atoms with Gasteiger partial charge in [0, 0.05) is 25.0 Å². The molecule has 0 atom stereocenters. The minimum Gasteiger partial charge on any atom is -0.504 e. The van der Waals surface area contributed by atoms with Crippen LogP contribution in [-0.4, -0.2) is 28.1 Å². The summed E-state index contributed by atoms with van der Waals surface area (Å²) in [6.45, 7) is 5.07. The van der Waals surface area contributed by atoms with E-state index in [1.54, 1.807) is 0 Å². The van der Waals surface area contributed by atoms with Crippen molar-refractivity contribution < 1.29 is 5.11 Å². The lowest BCUT2D eigenvalue weighted by Gasteiger charge is -2.25. The van der Waals surface area contributed by atoms with Gasteiger partial charge in [-0.05, 0) is 48.8 Å². The molecule has 0 bridgehead atoms. The SMILES string of the molecule is Cc1cccc(CN2CC=C(/C=C/c3ccc4c(Cl)cc(Cl)c(O)c4n3)CC2)c1.Cl. The molecule has 1 aromatic heterocycles. The van der Waals surface area contributed by atoms with Crippen molar-refractivity contribution in [2.75, 3.05) is 13.1 Å². The third-order valence-electron chi connectivity index (χ3n) is 5.16. The van der Waals surface area contributed by atoms with E-state index in [1.807, 2.05) is 18.2 Å². The molecule has 2 heterocycles. The maximum absolute atomic E-state index is 10.2. The number of phenolic OH excluding ortho intramolecular Hbond substituents is 1. The summed E-state index contributed by atoms with van der Waals surface area (Å²) in [4.78, 5) is 6.96. The molecule has 0 aliphatic carbocycles. The molecule has 1 aliphatic heterocycles. The van der Waals surface area contributed by atoms with E-state index in [2.05, 4.69) is 53.2 Å². The first-order chi connectivity index (χ1) is 14.0. The van der Waals surface area contributed by atoms with E-state index >= 15 is 0 Å². The van der Waals surface area contributed by atoms with E-state index in [9.17, 15) is 5.11 Å². The molecular weight excluding hydrogens is 439 g/mol. The normalized spacial score (nSPS) is 14.7. The summed E-state index contributed by atoms with van der Waals surface area (Å²) in [5.41, 5.74) is 5.13. The Morgan fingerprint density at radius 1 is 1.10 bits per heavy atom. The topological polar surface area (TPSA) is 36.4 Å². The van der Waals surface area contributed by atoms with Crippen LogP contribution in [0.1, 0.15) is 23.2 Å². The van der Waals surface area contributed by atoms with Crippen LogP contribution in [0.5, 0.6) is 5.75 Å². The predicted molar refractivity (Wildman–Crippen MR) is 129 cm³/mol. The molecule has 0 fully saturated rings. The zero-order valence-corrected chi connectivity index (χ0v) is 18.9. The van der Waals surface area contributed by atoms with Crippen molar-refractivity contribution in [2.45, 2.75) is 19.9 Å². The Kier molecular flexibility index (Phi) is 7.43. The van der Waals surface area contributed by atoms with Crippen molar-refractivity contribution in [3.05, 3.63) is 87.1 Å². The van der Waals surface area contributed by atoms with Gasteiger partial charge in [-0.25, -0.2) is 4.98 Å². The zero-order valence-electron chi connectivity index (χ0n) is 16.6. The van der Waals surface area contributed by atoms with Gasteiger partial charge >= 0.3 is 0 Å². The molecule has 30 heavy (non-hydrogen) atoms. The number of allylic oxidation sites excluding steroid dienone is 1. The molecule has 0 radical (unpaired) electrons. The third-order valence-corrected chi connectivity index (χ3v) is 5.76. The third kappa shape index (κ3) is 5.16. The summed E-state index contributed by atoms with van der Waals surface area (Å²) >= 11 is 12.2. The molecule has 0 saturated heterocycles. The van der Waals surface area contributed by atoms with Crippen LogP contribution >= 0.6 is 35.6 Å². The highest BCUT2D eigenvalue weighted by molar-refractivity contribution is 6.39. The molecule has 0 unspecified atom stereocenters. The van der Waals surface area contributed by atoms with E-state index in [1.165, 1.54) is 22.8 Å². The fraction of sp³-hybridized carbons (Fsp3) is 0.208. The predicted octanol–water partition coefficient (Wildman–Crippen LogP) is 6.82. The van der Waals surface area contributed by atoms with Crippen LogP contribution in [0.2, 0.25) is 10.0 Å². The molecule has 1 aliphatic rings. The first-order valence-corrected chi connectivity index (χ1v) is 10.4. The monoisotopic (exact) mass is 460 g/mol. The van der Waals surface area contributed by atoms with Crippen LogP contribution in [0.3, 0.4) is 0 Å². The summed E-state index contributed by atoms with van der Waals surface area (Å²) in [7, 11) is 0. The molecule has 1 N–H and O–H groups in total. The van der Waals surface area contributed by atoms with E-state index < -0.39 is 0 Å². The minimum absolute atomic E-state index is 0. The van der Waals surface area contributed by atoms with Gasteiger partial charge < -0.3 is 5.11 Å². The summed E-state index contributed by atoms with van der Waals surface area (Å²) in [5.74, 6) is -0.0370. The van der Waals surface area contributed by atoms with Crippen molar-refractivity contribution in [1.82, 2.24) is 9.88 Å². The summed E-state index contributed by atoms with van der Waals surface area (Å²) in [6, 6.07) is 14.0. The van der Waals surface area contributed by atoms with Crippen molar-refractivity contribution in [2.24, 2.45) is 0 Å². The van der Waals surface area contributed by atoms with Crippen LogP contribution in [0, 0.1) is 6.92 Å². The highest BCUT2D eigenvalue weighted by Gasteiger charge is 2.12. The molecule has 4 rings (SSSR count). The van der Waals surface area contributed by atoms with Crippen molar-refractivity contribution in [1.29, 1.82) is 0 Å². The average Bonchev–Trinajstić information content (AvgIpc) is 2.71. The van der Waals surface area contributed by atoms with E-state index in [-0.39, 0.29) is 23.2 Å². The van der Waals surface area contributed by atoms with E-state index in [0.29, 0.717) is 15.9 Å². The summed E-state index contributed by atoms with van der Waals surface area (Å²) < 4.78 is 0.